The number of halogens is 1. The van der Waals surface area contributed by atoms with Crippen LogP contribution in [0.15, 0.2) is 29.1 Å². The minimum Gasteiger partial charge on any atom is -0.296 e. The molecule has 5 heteroatoms. The van der Waals surface area contributed by atoms with Crippen LogP contribution in [0.5, 0.6) is 0 Å². The highest BCUT2D eigenvalue weighted by molar-refractivity contribution is 6.30. The Morgan fingerprint density at radius 3 is 2.61 bits per heavy atom. The van der Waals surface area contributed by atoms with E-state index >= 15 is 0 Å². The smallest absolute Gasteiger partial charge is 0.211 e. The molecule has 0 aliphatic carbocycles. The van der Waals surface area contributed by atoms with Gasteiger partial charge in [0.25, 0.3) is 0 Å². The molecule has 0 aliphatic heterocycles. The number of carbonyl (C=O) groups is 1. The summed E-state index contributed by atoms with van der Waals surface area (Å²) >= 11 is 5.89. The molecule has 0 N–H and O–H groups in total. The van der Waals surface area contributed by atoms with Gasteiger partial charge in [0.15, 0.2) is 12.0 Å². The molecule has 0 unspecified atom stereocenters. The molecule has 0 fully saturated rings. The Morgan fingerprint density at radius 2 is 2.00 bits per heavy atom. The lowest BCUT2D eigenvalue weighted by Crippen LogP contribution is -2.18. The zero-order chi connectivity index (χ0) is 13.3. The van der Waals surface area contributed by atoms with Crippen molar-refractivity contribution in [1.82, 2.24) is 9.78 Å². The number of aryl methyl sites for hydroxylation is 2. The number of rotatable bonds is 2. The fraction of sp³-hybridized carbons (Fsp3) is 0.154. The average Bonchev–Trinajstić information content (AvgIpc) is 2.30. The molecule has 0 aliphatic rings. The molecule has 1 heterocycles. The zero-order valence-electron chi connectivity index (χ0n) is 9.98. The van der Waals surface area contributed by atoms with Gasteiger partial charge in [-0.2, -0.15) is 5.10 Å². The third kappa shape index (κ3) is 2.19. The summed E-state index contributed by atoms with van der Waals surface area (Å²) in [4.78, 5) is 22.2. The van der Waals surface area contributed by atoms with Crippen LogP contribution in [0, 0.1) is 13.8 Å². The number of carbonyl (C=O) groups excluding carboxylic acids is 1. The summed E-state index contributed by atoms with van der Waals surface area (Å²) in [6.07, 6.45) is 0.462. The lowest BCUT2D eigenvalue weighted by Gasteiger charge is -2.12. The Bertz CT molecular complexity index is 677. The van der Waals surface area contributed by atoms with Gasteiger partial charge in [0.1, 0.15) is 0 Å². The first-order chi connectivity index (χ1) is 8.52. The highest BCUT2D eigenvalue weighted by Gasteiger charge is 2.08. The lowest BCUT2D eigenvalue weighted by atomic mass is 10.2. The van der Waals surface area contributed by atoms with Crippen molar-refractivity contribution >= 4 is 17.9 Å². The third-order valence-corrected chi connectivity index (χ3v) is 2.87. The van der Waals surface area contributed by atoms with Crippen molar-refractivity contribution < 1.29 is 4.79 Å². The molecular weight excluding hydrogens is 252 g/mol. The predicted molar refractivity (Wildman–Crippen MR) is 69.7 cm³/mol. The van der Waals surface area contributed by atoms with Crippen molar-refractivity contribution in [1.29, 1.82) is 0 Å². The van der Waals surface area contributed by atoms with Gasteiger partial charge in [0.2, 0.25) is 5.43 Å². The normalized spacial score (nSPS) is 10.4. The molecule has 0 saturated carbocycles. The molecule has 2 rings (SSSR count). The minimum absolute atomic E-state index is 0.102. The standard InChI is InChI=1S/C13H11ClN2O2/c1-8-5-10(14)3-4-12(8)16-9(2)6-13(18)11(7-17)15-16/h3-7H,1-2H3. The van der Waals surface area contributed by atoms with E-state index in [9.17, 15) is 9.59 Å². The Morgan fingerprint density at radius 1 is 1.28 bits per heavy atom. The second kappa shape index (κ2) is 4.74. The molecule has 0 spiro atoms. The van der Waals surface area contributed by atoms with Crippen LogP contribution in [-0.2, 0) is 0 Å². The first-order valence-corrected chi connectivity index (χ1v) is 5.73. The molecule has 0 saturated heterocycles. The number of nitrogens with zero attached hydrogens (tertiary/aromatic N) is 2. The van der Waals surface area contributed by atoms with Gasteiger partial charge in [-0.3, -0.25) is 9.59 Å². The molecule has 92 valence electrons. The quantitative estimate of drug-likeness (QED) is 0.781. The van der Waals surface area contributed by atoms with Crippen molar-refractivity contribution in [3.8, 4) is 5.69 Å². The van der Waals surface area contributed by atoms with Crippen LogP contribution in [0.3, 0.4) is 0 Å². The second-order valence-electron chi connectivity index (χ2n) is 4.00. The number of aldehydes is 1. The summed E-state index contributed by atoms with van der Waals surface area (Å²) in [6.45, 7) is 3.65. The van der Waals surface area contributed by atoms with E-state index in [1.807, 2.05) is 6.92 Å². The summed E-state index contributed by atoms with van der Waals surface area (Å²) in [5.41, 5.74) is 1.90. The van der Waals surface area contributed by atoms with Crippen LogP contribution in [0.2, 0.25) is 5.02 Å². The Hall–Kier alpha value is -1.94. The Balaban J connectivity index is 2.70. The molecule has 2 aromatic rings. The highest BCUT2D eigenvalue weighted by atomic mass is 35.5. The Labute approximate surface area is 109 Å². The van der Waals surface area contributed by atoms with E-state index in [1.54, 1.807) is 29.8 Å². The Kier molecular flexibility index (Phi) is 3.30. The number of hydrogen-bond acceptors (Lipinski definition) is 3. The maximum atomic E-state index is 11.5. The van der Waals surface area contributed by atoms with Crippen molar-refractivity contribution in [2.75, 3.05) is 0 Å². The lowest BCUT2D eigenvalue weighted by molar-refractivity contribution is 0.111. The maximum Gasteiger partial charge on any atom is 0.211 e. The number of hydrogen-bond donors (Lipinski definition) is 0. The summed E-state index contributed by atoms with van der Waals surface area (Å²) in [7, 11) is 0. The van der Waals surface area contributed by atoms with Gasteiger partial charge in [0, 0.05) is 16.8 Å². The fourth-order valence-electron chi connectivity index (χ4n) is 1.74. The SMILES string of the molecule is Cc1cc(Cl)ccc1-n1nc(C=O)c(=O)cc1C. The van der Waals surface area contributed by atoms with Crippen molar-refractivity contribution in [3.05, 3.63) is 56.5 Å². The van der Waals surface area contributed by atoms with Crippen LogP contribution in [0.4, 0.5) is 0 Å². The van der Waals surface area contributed by atoms with Gasteiger partial charge in [-0.15, -0.1) is 0 Å². The van der Waals surface area contributed by atoms with Crippen molar-refractivity contribution in [2.24, 2.45) is 0 Å². The summed E-state index contributed by atoms with van der Waals surface area (Å²) in [5.74, 6) is 0. The topological polar surface area (TPSA) is 52.0 Å². The maximum absolute atomic E-state index is 11.5. The van der Waals surface area contributed by atoms with Gasteiger partial charge < -0.3 is 0 Å². The van der Waals surface area contributed by atoms with Crippen LogP contribution in [0.25, 0.3) is 5.69 Å². The van der Waals surface area contributed by atoms with Gasteiger partial charge in [-0.1, -0.05) is 11.6 Å². The predicted octanol–water partition coefficient (Wildman–Crippen LogP) is 2.32. The summed E-state index contributed by atoms with van der Waals surface area (Å²) in [5, 5.41) is 4.67. The molecule has 0 radical (unpaired) electrons. The molecular formula is C13H11ClN2O2. The third-order valence-electron chi connectivity index (χ3n) is 2.63. The van der Waals surface area contributed by atoms with E-state index in [-0.39, 0.29) is 11.1 Å². The van der Waals surface area contributed by atoms with E-state index < -0.39 is 0 Å². The molecule has 1 aromatic carbocycles. The largest absolute Gasteiger partial charge is 0.296 e. The first-order valence-electron chi connectivity index (χ1n) is 5.35. The molecule has 0 amide bonds. The van der Waals surface area contributed by atoms with E-state index in [4.69, 9.17) is 11.6 Å². The highest BCUT2D eigenvalue weighted by Crippen LogP contribution is 2.18. The van der Waals surface area contributed by atoms with Crippen molar-refractivity contribution in [3.63, 3.8) is 0 Å². The van der Waals surface area contributed by atoms with E-state index in [2.05, 4.69) is 5.10 Å². The molecule has 0 atom stereocenters. The fourth-order valence-corrected chi connectivity index (χ4v) is 1.97. The van der Waals surface area contributed by atoms with Gasteiger partial charge in [0.05, 0.1) is 5.69 Å². The minimum atomic E-state index is -0.370. The van der Waals surface area contributed by atoms with E-state index in [0.29, 0.717) is 17.0 Å². The van der Waals surface area contributed by atoms with Crippen LogP contribution < -0.4 is 5.43 Å². The molecule has 18 heavy (non-hydrogen) atoms. The van der Waals surface area contributed by atoms with Gasteiger partial charge in [-0.25, -0.2) is 4.68 Å². The molecule has 4 nitrogen and oxygen atoms in total. The molecule has 0 bridgehead atoms. The van der Waals surface area contributed by atoms with Gasteiger partial charge >= 0.3 is 0 Å². The van der Waals surface area contributed by atoms with Crippen LogP contribution >= 0.6 is 11.6 Å². The van der Waals surface area contributed by atoms with E-state index in [1.165, 1.54) is 6.07 Å². The summed E-state index contributed by atoms with van der Waals surface area (Å²) in [6, 6.07) is 6.74. The average molecular weight is 263 g/mol. The molecule has 1 aromatic heterocycles. The number of benzene rings is 1. The monoisotopic (exact) mass is 262 g/mol. The van der Waals surface area contributed by atoms with E-state index in [0.717, 1.165) is 11.3 Å². The zero-order valence-corrected chi connectivity index (χ0v) is 10.7. The first kappa shape index (κ1) is 12.5. The van der Waals surface area contributed by atoms with Gasteiger partial charge in [-0.05, 0) is 37.6 Å². The van der Waals surface area contributed by atoms with Crippen molar-refractivity contribution in [2.45, 2.75) is 13.8 Å². The second-order valence-corrected chi connectivity index (χ2v) is 4.43. The summed E-state index contributed by atoms with van der Waals surface area (Å²) < 4.78 is 1.57. The van der Waals surface area contributed by atoms with Crippen LogP contribution in [0.1, 0.15) is 21.7 Å². The van der Waals surface area contributed by atoms with Crippen LogP contribution in [-0.4, -0.2) is 16.1 Å². The number of aromatic nitrogens is 2.